The minimum absolute atomic E-state index is 0.0631. The molecule has 0 aromatic heterocycles. The Balaban J connectivity index is 1.95. The van der Waals surface area contributed by atoms with E-state index in [1.54, 1.807) is 0 Å². The molecule has 1 heterocycles. The van der Waals surface area contributed by atoms with Crippen LogP contribution in [0.5, 0.6) is 0 Å². The third-order valence-corrected chi connectivity index (χ3v) is 3.98. The van der Waals surface area contributed by atoms with Crippen LogP contribution in [0.1, 0.15) is 24.0 Å². The summed E-state index contributed by atoms with van der Waals surface area (Å²) in [5.74, 6) is -0.0631. The van der Waals surface area contributed by atoms with Crippen LogP contribution in [0.15, 0.2) is 77.9 Å². The third kappa shape index (κ3) is 3.57. The average Bonchev–Trinajstić information content (AvgIpc) is 3.15. The zero-order valence-corrected chi connectivity index (χ0v) is 13.1. The molecule has 0 spiro atoms. The molecule has 0 bridgehead atoms. The number of hydrogen-bond donors (Lipinski definition) is 0. The number of aliphatic imine (C=N–C) groups is 1. The zero-order valence-electron chi connectivity index (χ0n) is 13.1. The van der Waals surface area contributed by atoms with E-state index in [1.165, 1.54) is 0 Å². The van der Waals surface area contributed by atoms with Crippen molar-refractivity contribution in [3.63, 3.8) is 0 Å². The molecule has 1 amide bonds. The number of rotatable bonds is 4. The predicted octanol–water partition coefficient (Wildman–Crippen LogP) is 3.66. The van der Waals surface area contributed by atoms with Gasteiger partial charge in [0.25, 0.3) is 5.91 Å². The number of likely N-dealkylation sites (tertiary alicyclic amines) is 1. The van der Waals surface area contributed by atoms with Crippen LogP contribution in [0.3, 0.4) is 0 Å². The lowest BCUT2D eigenvalue weighted by Gasteiger charge is -2.15. The Hall–Kier alpha value is -2.68. The predicted molar refractivity (Wildman–Crippen MR) is 93.5 cm³/mol. The molecule has 1 aliphatic heterocycles. The summed E-state index contributed by atoms with van der Waals surface area (Å²) in [6, 6.07) is 19.8. The topological polar surface area (TPSA) is 32.7 Å². The van der Waals surface area contributed by atoms with Crippen LogP contribution in [0.2, 0.25) is 0 Å². The molecular weight excluding hydrogens is 284 g/mol. The Kier molecular flexibility index (Phi) is 4.67. The first-order valence-corrected chi connectivity index (χ1v) is 7.93. The highest BCUT2D eigenvalue weighted by atomic mass is 16.2. The van der Waals surface area contributed by atoms with Crippen LogP contribution in [0, 0.1) is 0 Å². The standard InChI is InChI=1S/C20H20N2O/c1-16(20(23)22-14-8-9-15-22)21-19(17-10-4-2-5-11-17)18-12-6-3-7-13-18/h2-7,10-13H,1,8-9,14-15H2. The van der Waals surface area contributed by atoms with E-state index < -0.39 is 0 Å². The minimum Gasteiger partial charge on any atom is -0.337 e. The van der Waals surface area contributed by atoms with Gasteiger partial charge in [-0.15, -0.1) is 0 Å². The third-order valence-electron chi connectivity index (χ3n) is 3.98. The smallest absolute Gasteiger partial charge is 0.271 e. The number of amides is 1. The molecule has 1 aliphatic rings. The lowest BCUT2D eigenvalue weighted by atomic mass is 10.0. The van der Waals surface area contributed by atoms with Crippen molar-refractivity contribution in [3.05, 3.63) is 84.1 Å². The highest BCUT2D eigenvalue weighted by Crippen LogP contribution is 2.16. The van der Waals surface area contributed by atoms with Crippen molar-refractivity contribution in [1.29, 1.82) is 0 Å². The van der Waals surface area contributed by atoms with Gasteiger partial charge in [-0.1, -0.05) is 67.2 Å². The normalized spacial score (nSPS) is 13.7. The van der Waals surface area contributed by atoms with Crippen LogP contribution >= 0.6 is 0 Å². The number of nitrogens with zero attached hydrogens (tertiary/aromatic N) is 2. The molecule has 1 saturated heterocycles. The summed E-state index contributed by atoms with van der Waals surface area (Å²) in [5, 5.41) is 0. The van der Waals surface area contributed by atoms with Gasteiger partial charge in [0, 0.05) is 24.2 Å². The maximum atomic E-state index is 12.5. The summed E-state index contributed by atoms with van der Waals surface area (Å²) in [6.45, 7) is 5.52. The fourth-order valence-electron chi connectivity index (χ4n) is 2.77. The van der Waals surface area contributed by atoms with E-state index in [4.69, 9.17) is 0 Å². The molecule has 0 unspecified atom stereocenters. The van der Waals surface area contributed by atoms with Gasteiger partial charge in [-0.2, -0.15) is 0 Å². The number of carbonyl (C=O) groups excluding carboxylic acids is 1. The first kappa shape index (κ1) is 15.2. The van der Waals surface area contributed by atoms with E-state index in [2.05, 4.69) is 11.6 Å². The molecule has 3 nitrogen and oxygen atoms in total. The summed E-state index contributed by atoms with van der Waals surface area (Å²) in [5.41, 5.74) is 3.04. The van der Waals surface area contributed by atoms with Gasteiger partial charge in [-0.05, 0) is 12.8 Å². The maximum absolute atomic E-state index is 12.5. The fraction of sp³-hybridized carbons (Fsp3) is 0.200. The van der Waals surface area contributed by atoms with E-state index in [1.807, 2.05) is 65.6 Å². The Morgan fingerprint density at radius 1 is 0.870 bits per heavy atom. The van der Waals surface area contributed by atoms with E-state index in [0.29, 0.717) is 5.70 Å². The summed E-state index contributed by atoms with van der Waals surface area (Å²) in [4.78, 5) is 18.9. The monoisotopic (exact) mass is 304 g/mol. The van der Waals surface area contributed by atoms with Crippen molar-refractivity contribution in [2.24, 2.45) is 4.99 Å². The molecule has 0 saturated carbocycles. The van der Waals surface area contributed by atoms with E-state index in [-0.39, 0.29) is 5.91 Å². The SMILES string of the molecule is C=C(N=C(c1ccccc1)c1ccccc1)C(=O)N1CCCC1. The molecule has 23 heavy (non-hydrogen) atoms. The first-order chi connectivity index (χ1) is 11.3. The summed E-state index contributed by atoms with van der Waals surface area (Å²) >= 11 is 0. The summed E-state index contributed by atoms with van der Waals surface area (Å²) < 4.78 is 0. The average molecular weight is 304 g/mol. The molecule has 2 aromatic carbocycles. The van der Waals surface area contributed by atoms with Crippen LogP contribution in [-0.4, -0.2) is 29.6 Å². The second-order valence-corrected chi connectivity index (χ2v) is 5.64. The van der Waals surface area contributed by atoms with Crippen LogP contribution in [-0.2, 0) is 4.79 Å². The van der Waals surface area contributed by atoms with Gasteiger partial charge in [-0.25, -0.2) is 4.99 Å². The number of benzene rings is 2. The molecule has 0 N–H and O–H groups in total. The molecule has 116 valence electrons. The van der Waals surface area contributed by atoms with Gasteiger partial charge in [0.2, 0.25) is 0 Å². The van der Waals surface area contributed by atoms with Gasteiger partial charge in [0.05, 0.1) is 5.71 Å². The molecule has 2 aromatic rings. The second kappa shape index (κ2) is 7.05. The van der Waals surface area contributed by atoms with Crippen molar-refractivity contribution in [1.82, 2.24) is 4.90 Å². The zero-order chi connectivity index (χ0) is 16.1. The lowest BCUT2D eigenvalue weighted by Crippen LogP contribution is -2.28. The van der Waals surface area contributed by atoms with Gasteiger partial charge >= 0.3 is 0 Å². The second-order valence-electron chi connectivity index (χ2n) is 5.64. The number of carbonyl (C=O) groups is 1. The Morgan fingerprint density at radius 2 is 1.35 bits per heavy atom. The van der Waals surface area contributed by atoms with Crippen molar-refractivity contribution < 1.29 is 4.79 Å². The van der Waals surface area contributed by atoms with Crippen molar-refractivity contribution >= 4 is 11.6 Å². The fourth-order valence-corrected chi connectivity index (χ4v) is 2.77. The Labute approximate surface area is 137 Å². The van der Waals surface area contributed by atoms with Crippen LogP contribution in [0.25, 0.3) is 0 Å². The van der Waals surface area contributed by atoms with Crippen LogP contribution in [0.4, 0.5) is 0 Å². The van der Waals surface area contributed by atoms with Gasteiger partial charge in [0.1, 0.15) is 5.70 Å². The molecular formula is C20H20N2O. The number of hydrogen-bond acceptors (Lipinski definition) is 2. The highest BCUT2D eigenvalue weighted by Gasteiger charge is 2.20. The molecule has 3 heteroatoms. The van der Waals surface area contributed by atoms with E-state index in [9.17, 15) is 4.79 Å². The molecule has 1 fully saturated rings. The molecule has 0 radical (unpaired) electrons. The molecule has 0 atom stereocenters. The van der Waals surface area contributed by atoms with Crippen molar-refractivity contribution in [3.8, 4) is 0 Å². The van der Waals surface area contributed by atoms with Gasteiger partial charge < -0.3 is 4.90 Å². The van der Waals surface area contributed by atoms with Gasteiger partial charge in [0.15, 0.2) is 0 Å². The molecule has 3 rings (SSSR count). The van der Waals surface area contributed by atoms with Crippen LogP contribution < -0.4 is 0 Å². The quantitative estimate of drug-likeness (QED) is 0.627. The maximum Gasteiger partial charge on any atom is 0.271 e. The first-order valence-electron chi connectivity index (χ1n) is 7.93. The lowest BCUT2D eigenvalue weighted by molar-refractivity contribution is -0.126. The van der Waals surface area contributed by atoms with E-state index in [0.717, 1.165) is 42.8 Å². The largest absolute Gasteiger partial charge is 0.337 e. The molecule has 0 aliphatic carbocycles. The Morgan fingerprint density at radius 3 is 1.83 bits per heavy atom. The van der Waals surface area contributed by atoms with Gasteiger partial charge in [-0.3, -0.25) is 4.79 Å². The Bertz CT molecular complexity index is 672. The van der Waals surface area contributed by atoms with Crippen molar-refractivity contribution in [2.45, 2.75) is 12.8 Å². The summed E-state index contributed by atoms with van der Waals surface area (Å²) in [6.07, 6.45) is 2.12. The minimum atomic E-state index is -0.0631. The van der Waals surface area contributed by atoms with Crippen molar-refractivity contribution in [2.75, 3.05) is 13.1 Å². The van der Waals surface area contributed by atoms with E-state index >= 15 is 0 Å². The summed E-state index contributed by atoms with van der Waals surface area (Å²) in [7, 11) is 0. The highest BCUT2D eigenvalue weighted by molar-refractivity contribution is 6.14.